The van der Waals surface area contributed by atoms with Crippen LogP contribution in [0.25, 0.3) is 11.5 Å². The smallest absolute Gasteiger partial charge is 0.226 e. The molecule has 0 spiro atoms. The second-order valence-electron chi connectivity index (χ2n) is 4.11. The van der Waals surface area contributed by atoms with E-state index in [9.17, 15) is 0 Å². The Morgan fingerprint density at radius 2 is 2.12 bits per heavy atom. The van der Waals surface area contributed by atoms with E-state index in [1.807, 2.05) is 50.2 Å². The highest BCUT2D eigenvalue weighted by Gasteiger charge is 2.11. The van der Waals surface area contributed by atoms with Gasteiger partial charge in [0.25, 0.3) is 0 Å². The van der Waals surface area contributed by atoms with Crippen molar-refractivity contribution in [3.63, 3.8) is 0 Å². The number of anilines is 1. The third-order valence-corrected chi connectivity index (χ3v) is 2.87. The molecule has 0 aliphatic carbocycles. The summed E-state index contributed by atoms with van der Waals surface area (Å²) in [4.78, 5) is 6.43. The zero-order valence-corrected chi connectivity index (χ0v) is 11.0. The van der Waals surface area contributed by atoms with Crippen molar-refractivity contribution in [3.8, 4) is 11.5 Å². The molecule has 0 bridgehead atoms. The highest BCUT2D eigenvalue weighted by atomic mass is 35.5. The molecule has 4 heteroatoms. The van der Waals surface area contributed by atoms with Crippen molar-refractivity contribution in [2.24, 2.45) is 0 Å². The summed E-state index contributed by atoms with van der Waals surface area (Å²) in [5.41, 5.74) is 2.94. The molecule has 0 aliphatic rings. The SMILES string of the molecule is Cc1nc(-c2cccc(N(C)C)c2)oc1CCl. The highest BCUT2D eigenvalue weighted by Crippen LogP contribution is 2.25. The fraction of sp³-hybridized carbons (Fsp3) is 0.308. The van der Waals surface area contributed by atoms with E-state index in [1.54, 1.807) is 0 Å². The fourth-order valence-electron chi connectivity index (χ4n) is 1.59. The molecule has 0 aliphatic heterocycles. The molecule has 0 N–H and O–H groups in total. The van der Waals surface area contributed by atoms with Gasteiger partial charge in [-0.25, -0.2) is 4.98 Å². The predicted molar refractivity (Wildman–Crippen MR) is 70.6 cm³/mol. The third kappa shape index (κ3) is 2.44. The Morgan fingerprint density at radius 1 is 1.35 bits per heavy atom. The Morgan fingerprint density at radius 3 is 2.71 bits per heavy atom. The molecule has 0 atom stereocenters. The normalized spacial score (nSPS) is 10.6. The standard InChI is InChI=1S/C13H15ClN2O/c1-9-12(8-14)17-13(15-9)10-5-4-6-11(7-10)16(2)3/h4-7H,8H2,1-3H3. The molecule has 2 rings (SSSR count). The minimum Gasteiger partial charge on any atom is -0.440 e. The molecule has 1 aromatic heterocycles. The maximum atomic E-state index is 5.77. The highest BCUT2D eigenvalue weighted by molar-refractivity contribution is 6.16. The van der Waals surface area contributed by atoms with Gasteiger partial charge in [-0.15, -0.1) is 11.6 Å². The van der Waals surface area contributed by atoms with Gasteiger partial charge in [-0.3, -0.25) is 0 Å². The number of alkyl halides is 1. The van der Waals surface area contributed by atoms with E-state index < -0.39 is 0 Å². The molecule has 0 saturated heterocycles. The molecule has 1 heterocycles. The van der Waals surface area contributed by atoms with E-state index in [0.29, 0.717) is 11.8 Å². The Balaban J connectivity index is 2.41. The lowest BCUT2D eigenvalue weighted by Gasteiger charge is -2.12. The van der Waals surface area contributed by atoms with E-state index in [4.69, 9.17) is 16.0 Å². The van der Waals surface area contributed by atoms with Crippen LogP contribution in [-0.4, -0.2) is 19.1 Å². The largest absolute Gasteiger partial charge is 0.440 e. The van der Waals surface area contributed by atoms with Gasteiger partial charge in [0, 0.05) is 25.3 Å². The number of rotatable bonds is 3. The molecule has 0 fully saturated rings. The summed E-state index contributed by atoms with van der Waals surface area (Å²) in [5.74, 6) is 1.71. The van der Waals surface area contributed by atoms with Crippen molar-refractivity contribution in [2.75, 3.05) is 19.0 Å². The maximum Gasteiger partial charge on any atom is 0.226 e. The van der Waals surface area contributed by atoms with Gasteiger partial charge in [-0.2, -0.15) is 0 Å². The van der Waals surface area contributed by atoms with Gasteiger partial charge in [-0.1, -0.05) is 6.07 Å². The molecule has 0 radical (unpaired) electrons. The van der Waals surface area contributed by atoms with Crippen molar-refractivity contribution >= 4 is 17.3 Å². The monoisotopic (exact) mass is 250 g/mol. The van der Waals surface area contributed by atoms with Crippen LogP contribution in [0.2, 0.25) is 0 Å². The van der Waals surface area contributed by atoms with Crippen LogP contribution in [0, 0.1) is 6.92 Å². The first-order valence-corrected chi connectivity index (χ1v) is 5.95. The predicted octanol–water partition coefficient (Wildman–Crippen LogP) is 3.45. The molecule has 2 aromatic rings. The third-order valence-electron chi connectivity index (χ3n) is 2.62. The van der Waals surface area contributed by atoms with Crippen LogP contribution < -0.4 is 4.90 Å². The number of benzene rings is 1. The molecule has 1 aromatic carbocycles. The molecule has 90 valence electrons. The second-order valence-corrected chi connectivity index (χ2v) is 4.37. The first-order chi connectivity index (χ1) is 8.11. The number of nitrogens with zero attached hydrogens (tertiary/aromatic N) is 2. The maximum absolute atomic E-state index is 5.77. The van der Waals surface area contributed by atoms with Crippen LogP contribution >= 0.6 is 11.6 Å². The first-order valence-electron chi connectivity index (χ1n) is 5.42. The van der Waals surface area contributed by atoms with Crippen LogP contribution in [0.5, 0.6) is 0 Å². The molecular weight excluding hydrogens is 236 g/mol. The van der Waals surface area contributed by atoms with Crippen molar-refractivity contribution in [2.45, 2.75) is 12.8 Å². The molecule has 0 amide bonds. The van der Waals surface area contributed by atoms with Gasteiger partial charge in [0.1, 0.15) is 5.76 Å². The molecular formula is C13H15ClN2O. The van der Waals surface area contributed by atoms with Crippen molar-refractivity contribution in [1.29, 1.82) is 0 Å². The number of hydrogen-bond acceptors (Lipinski definition) is 3. The minimum absolute atomic E-state index is 0.353. The summed E-state index contributed by atoms with van der Waals surface area (Å²) in [6, 6.07) is 8.06. The summed E-state index contributed by atoms with van der Waals surface area (Å²) in [7, 11) is 4.01. The van der Waals surface area contributed by atoms with Gasteiger partial charge < -0.3 is 9.32 Å². The van der Waals surface area contributed by atoms with Crippen molar-refractivity contribution in [3.05, 3.63) is 35.7 Å². The lowest BCUT2D eigenvalue weighted by molar-refractivity contribution is 0.536. The first kappa shape index (κ1) is 12.0. The average molecular weight is 251 g/mol. The van der Waals surface area contributed by atoms with Gasteiger partial charge >= 0.3 is 0 Å². The van der Waals surface area contributed by atoms with Gasteiger partial charge in [0.2, 0.25) is 5.89 Å². The lowest BCUT2D eigenvalue weighted by Crippen LogP contribution is -2.08. The summed E-state index contributed by atoms with van der Waals surface area (Å²) < 4.78 is 5.62. The Kier molecular flexibility index (Phi) is 3.38. The Bertz CT molecular complexity index is 520. The van der Waals surface area contributed by atoms with Crippen LogP contribution in [0.3, 0.4) is 0 Å². The number of aromatic nitrogens is 1. The number of halogens is 1. The molecule has 17 heavy (non-hydrogen) atoms. The zero-order valence-electron chi connectivity index (χ0n) is 10.2. The summed E-state index contributed by atoms with van der Waals surface area (Å²) >= 11 is 5.77. The lowest BCUT2D eigenvalue weighted by atomic mass is 10.2. The van der Waals surface area contributed by atoms with E-state index in [0.717, 1.165) is 22.7 Å². The van der Waals surface area contributed by atoms with Crippen LogP contribution in [0.1, 0.15) is 11.5 Å². The molecule has 3 nitrogen and oxygen atoms in total. The second kappa shape index (κ2) is 4.80. The quantitative estimate of drug-likeness (QED) is 0.782. The van der Waals surface area contributed by atoms with Crippen LogP contribution in [0.15, 0.2) is 28.7 Å². The van der Waals surface area contributed by atoms with Crippen molar-refractivity contribution in [1.82, 2.24) is 4.98 Å². The number of hydrogen-bond donors (Lipinski definition) is 0. The van der Waals surface area contributed by atoms with Crippen molar-refractivity contribution < 1.29 is 4.42 Å². The van der Waals surface area contributed by atoms with E-state index in [-0.39, 0.29) is 0 Å². The van der Waals surface area contributed by atoms with Crippen LogP contribution in [0.4, 0.5) is 5.69 Å². The zero-order chi connectivity index (χ0) is 12.4. The number of oxazole rings is 1. The molecule has 0 saturated carbocycles. The summed E-state index contributed by atoms with van der Waals surface area (Å²) in [5, 5.41) is 0. The van der Waals surface area contributed by atoms with Gasteiger partial charge in [0.15, 0.2) is 0 Å². The summed E-state index contributed by atoms with van der Waals surface area (Å²) in [6.07, 6.45) is 0. The topological polar surface area (TPSA) is 29.3 Å². The summed E-state index contributed by atoms with van der Waals surface area (Å²) in [6.45, 7) is 1.90. The Labute approximate surface area is 106 Å². The van der Waals surface area contributed by atoms with E-state index in [1.165, 1.54) is 0 Å². The number of aryl methyl sites for hydroxylation is 1. The van der Waals surface area contributed by atoms with E-state index in [2.05, 4.69) is 4.98 Å². The van der Waals surface area contributed by atoms with E-state index >= 15 is 0 Å². The molecule has 0 unspecified atom stereocenters. The van der Waals surface area contributed by atoms with Gasteiger partial charge in [0.05, 0.1) is 11.6 Å². The van der Waals surface area contributed by atoms with Crippen LogP contribution in [-0.2, 0) is 5.88 Å². The van der Waals surface area contributed by atoms with Gasteiger partial charge in [-0.05, 0) is 25.1 Å². The fourth-order valence-corrected chi connectivity index (χ4v) is 1.84. The minimum atomic E-state index is 0.353. The average Bonchev–Trinajstić information content (AvgIpc) is 2.71. The Hall–Kier alpha value is -1.48.